The second-order valence-electron chi connectivity index (χ2n) is 7.88. The maximum absolute atomic E-state index is 13.2. The van der Waals surface area contributed by atoms with Gasteiger partial charge < -0.3 is 15.0 Å². The summed E-state index contributed by atoms with van der Waals surface area (Å²) in [4.78, 5) is 30.8. The first-order chi connectivity index (χ1) is 14.5. The standard InChI is InChI=1S/C21H22F3N3O3S/c1-20(2,3)30-19(29)26-10-5-11-27-15-8-7-13(21(22,23)24)12-16(15)31-17-14(18(27)28)6-4-9-25-17/h4,6-9,12H,5,10-11H2,1-3H3,(H,26,29). The van der Waals surface area contributed by atoms with Gasteiger partial charge in [0.1, 0.15) is 10.6 Å². The van der Waals surface area contributed by atoms with Crippen LogP contribution in [-0.2, 0) is 10.9 Å². The van der Waals surface area contributed by atoms with Gasteiger partial charge in [-0.1, -0.05) is 11.8 Å². The summed E-state index contributed by atoms with van der Waals surface area (Å²) in [5.41, 5.74) is -0.735. The monoisotopic (exact) mass is 453 g/mol. The Morgan fingerprint density at radius 2 is 1.97 bits per heavy atom. The van der Waals surface area contributed by atoms with Crippen molar-refractivity contribution in [3.8, 4) is 0 Å². The average molecular weight is 453 g/mol. The van der Waals surface area contributed by atoms with Crippen LogP contribution in [0.3, 0.4) is 0 Å². The number of carbonyl (C=O) groups is 2. The van der Waals surface area contributed by atoms with Gasteiger partial charge in [-0.15, -0.1) is 0 Å². The number of aromatic nitrogens is 1. The number of nitrogens with zero attached hydrogens (tertiary/aromatic N) is 2. The lowest BCUT2D eigenvalue weighted by molar-refractivity contribution is -0.137. The third-order valence-electron chi connectivity index (χ3n) is 4.26. The number of hydrogen-bond donors (Lipinski definition) is 1. The fraction of sp³-hybridized carbons (Fsp3) is 0.381. The van der Waals surface area contributed by atoms with E-state index in [0.29, 0.717) is 27.6 Å². The molecule has 2 amide bonds. The van der Waals surface area contributed by atoms with E-state index in [9.17, 15) is 22.8 Å². The quantitative estimate of drug-likeness (QED) is 0.650. The fourth-order valence-corrected chi connectivity index (χ4v) is 4.01. The Morgan fingerprint density at radius 3 is 2.65 bits per heavy atom. The number of pyridine rings is 1. The summed E-state index contributed by atoms with van der Waals surface area (Å²) in [6.45, 7) is 5.68. The van der Waals surface area contributed by atoms with Gasteiger partial charge in [-0.05, 0) is 57.5 Å². The van der Waals surface area contributed by atoms with E-state index in [4.69, 9.17) is 4.74 Å². The third kappa shape index (κ3) is 5.69. The molecule has 1 aliphatic rings. The van der Waals surface area contributed by atoms with Crippen molar-refractivity contribution in [2.45, 2.75) is 48.9 Å². The van der Waals surface area contributed by atoms with Gasteiger partial charge in [0.2, 0.25) is 0 Å². The zero-order valence-electron chi connectivity index (χ0n) is 17.2. The van der Waals surface area contributed by atoms with Crippen LogP contribution in [0.2, 0.25) is 0 Å². The van der Waals surface area contributed by atoms with Crippen molar-refractivity contribution in [1.29, 1.82) is 0 Å². The smallest absolute Gasteiger partial charge is 0.416 e. The second-order valence-corrected chi connectivity index (χ2v) is 8.91. The Bertz CT molecular complexity index is 990. The van der Waals surface area contributed by atoms with Crippen LogP contribution in [-0.4, -0.2) is 35.7 Å². The van der Waals surface area contributed by atoms with Crippen molar-refractivity contribution in [2.75, 3.05) is 18.0 Å². The van der Waals surface area contributed by atoms with E-state index in [2.05, 4.69) is 10.3 Å². The van der Waals surface area contributed by atoms with E-state index >= 15 is 0 Å². The summed E-state index contributed by atoms with van der Waals surface area (Å²) in [6, 6.07) is 6.50. The highest BCUT2D eigenvalue weighted by Gasteiger charge is 2.34. The number of amides is 2. The number of fused-ring (bicyclic) bond motifs is 2. The van der Waals surface area contributed by atoms with Gasteiger partial charge in [-0.2, -0.15) is 13.2 Å². The molecule has 1 N–H and O–H groups in total. The van der Waals surface area contributed by atoms with Gasteiger partial charge in [0.15, 0.2) is 0 Å². The SMILES string of the molecule is CC(C)(C)OC(=O)NCCCN1C(=O)c2cccnc2Sc2cc(C(F)(F)F)ccc21. The molecule has 1 aromatic carbocycles. The van der Waals surface area contributed by atoms with Crippen LogP contribution < -0.4 is 10.2 Å². The molecule has 1 aromatic heterocycles. The minimum Gasteiger partial charge on any atom is -0.444 e. The second kappa shape index (κ2) is 8.78. The topological polar surface area (TPSA) is 71.5 Å². The lowest BCUT2D eigenvalue weighted by Gasteiger charge is -2.24. The van der Waals surface area contributed by atoms with Crippen LogP contribution in [0, 0.1) is 0 Å². The van der Waals surface area contributed by atoms with Crippen molar-refractivity contribution in [1.82, 2.24) is 10.3 Å². The van der Waals surface area contributed by atoms with Crippen molar-refractivity contribution in [3.05, 3.63) is 47.7 Å². The molecular weight excluding hydrogens is 431 g/mol. The molecule has 10 heteroatoms. The minimum atomic E-state index is -4.50. The number of benzene rings is 1. The largest absolute Gasteiger partial charge is 0.444 e. The van der Waals surface area contributed by atoms with E-state index < -0.39 is 23.4 Å². The predicted octanol–water partition coefficient (Wildman–Crippen LogP) is 5.13. The molecule has 6 nitrogen and oxygen atoms in total. The molecule has 0 bridgehead atoms. The molecule has 2 aromatic rings. The highest BCUT2D eigenvalue weighted by Crippen LogP contribution is 2.43. The Kier molecular flexibility index (Phi) is 6.49. The maximum atomic E-state index is 13.2. The normalized spacial score (nSPS) is 13.9. The van der Waals surface area contributed by atoms with Crippen LogP contribution >= 0.6 is 11.8 Å². The number of alkyl halides is 3. The van der Waals surface area contributed by atoms with E-state index in [1.54, 1.807) is 32.9 Å². The molecule has 0 fully saturated rings. The molecule has 0 atom stereocenters. The Balaban J connectivity index is 1.82. The first-order valence-corrected chi connectivity index (χ1v) is 10.4. The first-order valence-electron chi connectivity index (χ1n) is 9.58. The number of ether oxygens (including phenoxy) is 1. The molecular formula is C21H22F3N3O3S. The summed E-state index contributed by atoms with van der Waals surface area (Å²) >= 11 is 1.03. The third-order valence-corrected chi connectivity index (χ3v) is 5.32. The molecule has 0 aliphatic carbocycles. The molecule has 0 spiro atoms. The average Bonchev–Trinajstić information content (AvgIpc) is 2.77. The van der Waals surface area contributed by atoms with Crippen molar-refractivity contribution in [3.63, 3.8) is 0 Å². The van der Waals surface area contributed by atoms with Gasteiger partial charge in [-0.3, -0.25) is 4.79 Å². The molecule has 166 valence electrons. The van der Waals surface area contributed by atoms with Crippen LogP contribution in [0.5, 0.6) is 0 Å². The zero-order chi connectivity index (χ0) is 22.8. The number of hydrogen-bond acceptors (Lipinski definition) is 5. The van der Waals surface area contributed by atoms with E-state index in [1.807, 2.05) is 0 Å². The van der Waals surface area contributed by atoms with E-state index in [-0.39, 0.29) is 19.0 Å². The summed E-state index contributed by atoms with van der Waals surface area (Å²) in [6.07, 6.45) is -3.20. The van der Waals surface area contributed by atoms with Crippen LogP contribution in [0.15, 0.2) is 46.5 Å². The molecule has 0 saturated carbocycles. The van der Waals surface area contributed by atoms with Gasteiger partial charge >= 0.3 is 12.3 Å². The number of halogens is 3. The molecule has 3 rings (SSSR count). The number of rotatable bonds is 4. The molecule has 0 saturated heterocycles. The number of nitrogens with one attached hydrogen (secondary N) is 1. The lowest BCUT2D eigenvalue weighted by atomic mass is 10.1. The minimum absolute atomic E-state index is 0.196. The van der Waals surface area contributed by atoms with Crippen molar-refractivity contribution in [2.24, 2.45) is 0 Å². The van der Waals surface area contributed by atoms with Gasteiger partial charge in [0.05, 0.1) is 16.8 Å². The summed E-state index contributed by atoms with van der Waals surface area (Å²) < 4.78 is 44.8. The molecule has 1 aliphatic heterocycles. The Morgan fingerprint density at radius 1 is 1.23 bits per heavy atom. The van der Waals surface area contributed by atoms with Crippen molar-refractivity contribution < 1.29 is 27.5 Å². The fourth-order valence-electron chi connectivity index (χ4n) is 2.95. The molecule has 31 heavy (non-hydrogen) atoms. The van der Waals surface area contributed by atoms with Gasteiger partial charge in [0.25, 0.3) is 5.91 Å². The maximum Gasteiger partial charge on any atom is 0.416 e. The number of alkyl carbamates (subject to hydrolysis) is 1. The summed E-state index contributed by atoms with van der Waals surface area (Å²) in [5, 5.41) is 2.97. The first kappa shape index (κ1) is 22.9. The number of anilines is 1. The highest BCUT2D eigenvalue weighted by molar-refractivity contribution is 7.99. The molecule has 0 unspecified atom stereocenters. The van der Waals surface area contributed by atoms with Gasteiger partial charge in [-0.25, -0.2) is 9.78 Å². The lowest BCUT2D eigenvalue weighted by Crippen LogP contribution is -2.36. The van der Waals surface area contributed by atoms with Crippen LogP contribution in [0.1, 0.15) is 43.1 Å². The molecule has 2 heterocycles. The van der Waals surface area contributed by atoms with E-state index in [1.165, 1.54) is 17.2 Å². The zero-order valence-corrected chi connectivity index (χ0v) is 18.1. The van der Waals surface area contributed by atoms with E-state index in [0.717, 1.165) is 23.9 Å². The number of carbonyl (C=O) groups excluding carboxylic acids is 2. The Hall–Kier alpha value is -2.75. The van der Waals surface area contributed by atoms with Crippen molar-refractivity contribution >= 4 is 29.4 Å². The van der Waals surface area contributed by atoms with Gasteiger partial charge in [0, 0.05) is 24.2 Å². The Labute approximate surface area is 182 Å². The summed E-state index contributed by atoms with van der Waals surface area (Å²) in [7, 11) is 0. The molecule has 0 radical (unpaired) electrons. The van der Waals surface area contributed by atoms with Crippen LogP contribution in [0.4, 0.5) is 23.7 Å². The predicted molar refractivity (Wildman–Crippen MR) is 110 cm³/mol. The van der Waals surface area contributed by atoms with Crippen LogP contribution in [0.25, 0.3) is 0 Å². The summed E-state index contributed by atoms with van der Waals surface area (Å²) in [5.74, 6) is -0.355. The highest BCUT2D eigenvalue weighted by atomic mass is 32.2.